The third-order valence-electron chi connectivity index (χ3n) is 4.72. The molecule has 0 amide bonds. The van der Waals surface area contributed by atoms with E-state index in [1.807, 2.05) is 0 Å². The molecule has 1 aliphatic rings. The zero-order valence-corrected chi connectivity index (χ0v) is 14.7. The Balaban J connectivity index is 2.16. The van der Waals surface area contributed by atoms with Gasteiger partial charge in [0.1, 0.15) is 0 Å². The fourth-order valence-electron chi connectivity index (χ4n) is 3.79. The lowest BCUT2D eigenvalue weighted by molar-refractivity contribution is -0.100. The van der Waals surface area contributed by atoms with E-state index in [2.05, 4.69) is 42.9 Å². The number of rotatable bonds is 8. The Hall–Kier alpha value is -0.380. The van der Waals surface area contributed by atoms with Crippen LogP contribution >= 0.6 is 11.3 Å². The maximum absolute atomic E-state index is 6.39. The predicted molar refractivity (Wildman–Crippen MR) is 92.1 cm³/mol. The standard InChI is InChI=1S/C18H31NOS/c1-4-10-19-17(12-16-8-11-21-14-16)18(20-5-2)9-6-7-15(3)13-18/h8,11,14-15,17,19H,4-7,9-10,12-13H2,1-3H3. The van der Waals surface area contributed by atoms with Crippen LogP contribution in [0.2, 0.25) is 0 Å². The molecule has 0 spiro atoms. The highest BCUT2D eigenvalue weighted by Crippen LogP contribution is 2.39. The summed E-state index contributed by atoms with van der Waals surface area (Å²) in [6.45, 7) is 8.67. The molecule has 1 aromatic heterocycles. The Morgan fingerprint density at radius 3 is 2.95 bits per heavy atom. The van der Waals surface area contributed by atoms with Crippen molar-refractivity contribution in [2.45, 2.75) is 70.9 Å². The first kappa shape index (κ1) is 17.0. The number of ether oxygens (including phenoxy) is 1. The van der Waals surface area contributed by atoms with Crippen molar-refractivity contribution in [2.24, 2.45) is 5.92 Å². The molecular weight excluding hydrogens is 278 g/mol. The fourth-order valence-corrected chi connectivity index (χ4v) is 4.47. The lowest BCUT2D eigenvalue weighted by Gasteiger charge is -2.46. The van der Waals surface area contributed by atoms with Crippen molar-refractivity contribution < 1.29 is 4.74 Å². The molecule has 1 fully saturated rings. The van der Waals surface area contributed by atoms with Gasteiger partial charge in [0.2, 0.25) is 0 Å². The van der Waals surface area contributed by atoms with E-state index in [0.29, 0.717) is 6.04 Å². The smallest absolute Gasteiger partial charge is 0.0840 e. The summed E-state index contributed by atoms with van der Waals surface area (Å²) in [5.41, 5.74) is 1.48. The molecule has 2 nitrogen and oxygen atoms in total. The number of hydrogen-bond acceptors (Lipinski definition) is 3. The summed E-state index contributed by atoms with van der Waals surface area (Å²) >= 11 is 1.80. The molecule has 21 heavy (non-hydrogen) atoms. The van der Waals surface area contributed by atoms with E-state index in [-0.39, 0.29) is 5.60 Å². The summed E-state index contributed by atoms with van der Waals surface area (Å²) in [5.74, 6) is 0.777. The van der Waals surface area contributed by atoms with Crippen molar-refractivity contribution in [1.29, 1.82) is 0 Å². The van der Waals surface area contributed by atoms with E-state index in [4.69, 9.17) is 4.74 Å². The Kier molecular flexibility index (Phi) is 6.72. The van der Waals surface area contributed by atoms with Gasteiger partial charge < -0.3 is 10.1 Å². The average Bonchev–Trinajstić information content (AvgIpc) is 2.96. The quantitative estimate of drug-likeness (QED) is 0.755. The molecular formula is C18H31NOS. The van der Waals surface area contributed by atoms with E-state index < -0.39 is 0 Å². The van der Waals surface area contributed by atoms with Crippen LogP contribution in [0.4, 0.5) is 0 Å². The first-order valence-corrected chi connectivity index (χ1v) is 9.53. The van der Waals surface area contributed by atoms with E-state index in [1.54, 1.807) is 11.3 Å². The third-order valence-corrected chi connectivity index (χ3v) is 5.45. The highest BCUT2D eigenvalue weighted by atomic mass is 32.1. The van der Waals surface area contributed by atoms with Gasteiger partial charge in [-0.15, -0.1) is 0 Å². The molecule has 0 bridgehead atoms. The Morgan fingerprint density at radius 1 is 1.48 bits per heavy atom. The highest BCUT2D eigenvalue weighted by molar-refractivity contribution is 7.07. The second-order valence-corrected chi connectivity index (χ2v) is 7.32. The molecule has 0 aromatic carbocycles. The van der Waals surface area contributed by atoms with Gasteiger partial charge in [-0.2, -0.15) is 11.3 Å². The summed E-state index contributed by atoms with van der Waals surface area (Å²) in [6.07, 6.45) is 7.33. The minimum atomic E-state index is 0.0313. The van der Waals surface area contributed by atoms with E-state index in [0.717, 1.165) is 25.5 Å². The predicted octanol–water partition coefficient (Wildman–Crippen LogP) is 4.64. The lowest BCUT2D eigenvalue weighted by Crippen LogP contribution is -2.56. The van der Waals surface area contributed by atoms with Gasteiger partial charge in [0.05, 0.1) is 5.60 Å². The van der Waals surface area contributed by atoms with Gasteiger partial charge in [-0.25, -0.2) is 0 Å². The molecule has 2 rings (SSSR count). The fraction of sp³-hybridized carbons (Fsp3) is 0.778. The van der Waals surface area contributed by atoms with Crippen LogP contribution in [0.3, 0.4) is 0 Å². The van der Waals surface area contributed by atoms with Crippen molar-refractivity contribution in [3.8, 4) is 0 Å². The first-order chi connectivity index (χ1) is 10.2. The van der Waals surface area contributed by atoms with Gasteiger partial charge in [0.15, 0.2) is 0 Å². The van der Waals surface area contributed by atoms with Crippen LogP contribution < -0.4 is 5.32 Å². The first-order valence-electron chi connectivity index (χ1n) is 8.58. The molecule has 1 saturated carbocycles. The molecule has 1 heterocycles. The van der Waals surface area contributed by atoms with Crippen LogP contribution in [-0.2, 0) is 11.2 Å². The zero-order chi connectivity index (χ0) is 15.1. The molecule has 1 aromatic rings. The topological polar surface area (TPSA) is 21.3 Å². The zero-order valence-electron chi connectivity index (χ0n) is 13.9. The van der Waals surface area contributed by atoms with Gasteiger partial charge in [-0.1, -0.05) is 26.7 Å². The largest absolute Gasteiger partial charge is 0.374 e. The minimum Gasteiger partial charge on any atom is -0.374 e. The van der Waals surface area contributed by atoms with Crippen molar-refractivity contribution in [3.63, 3.8) is 0 Å². The van der Waals surface area contributed by atoms with Crippen LogP contribution in [0.1, 0.15) is 58.4 Å². The maximum Gasteiger partial charge on any atom is 0.0840 e. The summed E-state index contributed by atoms with van der Waals surface area (Å²) in [4.78, 5) is 0. The van der Waals surface area contributed by atoms with Crippen molar-refractivity contribution in [2.75, 3.05) is 13.2 Å². The van der Waals surface area contributed by atoms with Crippen LogP contribution in [0.5, 0.6) is 0 Å². The summed E-state index contributed by atoms with van der Waals surface area (Å²) in [5, 5.41) is 8.27. The van der Waals surface area contributed by atoms with Gasteiger partial charge in [0.25, 0.3) is 0 Å². The SMILES string of the molecule is CCCNC(Cc1ccsc1)C1(OCC)CCCC(C)C1. The second-order valence-electron chi connectivity index (χ2n) is 6.54. The molecule has 120 valence electrons. The summed E-state index contributed by atoms with van der Waals surface area (Å²) in [6, 6.07) is 2.70. The number of hydrogen-bond donors (Lipinski definition) is 1. The Bertz CT molecular complexity index is 388. The van der Waals surface area contributed by atoms with Crippen LogP contribution in [0, 0.1) is 5.92 Å². The number of nitrogens with one attached hydrogen (secondary N) is 1. The van der Waals surface area contributed by atoms with Gasteiger partial charge >= 0.3 is 0 Å². The monoisotopic (exact) mass is 309 g/mol. The van der Waals surface area contributed by atoms with Gasteiger partial charge in [0, 0.05) is 12.6 Å². The molecule has 0 radical (unpaired) electrons. The van der Waals surface area contributed by atoms with Crippen molar-refractivity contribution >= 4 is 11.3 Å². The normalized spacial score (nSPS) is 27.7. The van der Waals surface area contributed by atoms with Crippen molar-refractivity contribution in [1.82, 2.24) is 5.32 Å². The molecule has 0 aliphatic heterocycles. The highest BCUT2D eigenvalue weighted by Gasteiger charge is 2.42. The van der Waals surface area contributed by atoms with E-state index in [1.165, 1.54) is 37.7 Å². The average molecular weight is 310 g/mol. The van der Waals surface area contributed by atoms with Gasteiger partial charge in [-0.3, -0.25) is 0 Å². The van der Waals surface area contributed by atoms with Crippen LogP contribution in [-0.4, -0.2) is 24.8 Å². The van der Waals surface area contributed by atoms with Gasteiger partial charge in [-0.05, 0) is 67.5 Å². The lowest BCUT2D eigenvalue weighted by atomic mass is 9.73. The molecule has 3 unspecified atom stereocenters. The maximum atomic E-state index is 6.39. The van der Waals surface area contributed by atoms with Crippen molar-refractivity contribution in [3.05, 3.63) is 22.4 Å². The Morgan fingerprint density at radius 2 is 2.33 bits per heavy atom. The van der Waals surface area contributed by atoms with Crippen LogP contribution in [0.15, 0.2) is 16.8 Å². The molecule has 1 N–H and O–H groups in total. The van der Waals surface area contributed by atoms with Crippen LogP contribution in [0.25, 0.3) is 0 Å². The molecule has 3 heteroatoms. The van der Waals surface area contributed by atoms with E-state index >= 15 is 0 Å². The van der Waals surface area contributed by atoms with E-state index in [9.17, 15) is 0 Å². The second kappa shape index (κ2) is 8.30. The molecule has 1 aliphatic carbocycles. The third kappa shape index (κ3) is 4.54. The summed E-state index contributed by atoms with van der Waals surface area (Å²) < 4.78 is 6.39. The minimum absolute atomic E-state index is 0.0313. The Labute approximate surface area is 134 Å². The molecule has 3 atom stereocenters. The summed E-state index contributed by atoms with van der Waals surface area (Å²) in [7, 11) is 0. The molecule has 0 saturated heterocycles. The number of thiophene rings is 1.